The number of halogens is 7. The lowest BCUT2D eigenvalue weighted by molar-refractivity contribution is -0.330. The van der Waals surface area contributed by atoms with Crippen LogP contribution in [-0.4, -0.2) is 57.9 Å². The number of rotatable bonds is 10. The van der Waals surface area contributed by atoms with Crippen LogP contribution in [0.3, 0.4) is 0 Å². The second-order valence-corrected chi connectivity index (χ2v) is 13.2. The third-order valence-electron chi connectivity index (χ3n) is 6.88. The van der Waals surface area contributed by atoms with Crippen LogP contribution < -0.4 is 14.2 Å². The second kappa shape index (κ2) is 11.7. The lowest BCUT2D eigenvalue weighted by atomic mass is 9.83. The molecule has 1 aliphatic carbocycles. The molecule has 1 aromatic carbocycles. The van der Waals surface area contributed by atoms with Gasteiger partial charge in [0.25, 0.3) is 20.0 Å². The molecule has 1 N–H and O–H groups in total. The van der Waals surface area contributed by atoms with Gasteiger partial charge >= 0.3 is 19.4 Å². The number of nitrogens with one attached hydrogen (secondary N) is 1. The Kier molecular flexibility index (Phi) is 8.88. The fourth-order valence-corrected chi connectivity index (χ4v) is 7.50. The second-order valence-electron chi connectivity index (χ2n) is 9.69. The molecule has 1 atom stereocenters. The minimum atomic E-state index is -5.40. The van der Waals surface area contributed by atoms with Gasteiger partial charge in [-0.3, -0.25) is 4.72 Å². The van der Waals surface area contributed by atoms with E-state index in [1.54, 1.807) is 6.92 Å². The molecule has 3 aromatic rings. The first-order valence-electron chi connectivity index (χ1n) is 12.4. The summed E-state index contributed by atoms with van der Waals surface area (Å²) in [5.74, 6) is -1.39. The molecule has 242 valence electrons. The minimum absolute atomic E-state index is 0.204. The van der Waals surface area contributed by atoms with E-state index in [2.05, 4.69) is 14.5 Å². The van der Waals surface area contributed by atoms with E-state index in [1.807, 2.05) is 4.72 Å². The van der Waals surface area contributed by atoms with E-state index in [0.29, 0.717) is 15.7 Å². The van der Waals surface area contributed by atoms with Crippen molar-refractivity contribution in [1.29, 1.82) is 0 Å². The molecule has 0 saturated carbocycles. The van der Waals surface area contributed by atoms with Crippen molar-refractivity contribution in [3.8, 4) is 11.5 Å². The van der Waals surface area contributed by atoms with E-state index in [0.717, 1.165) is 25.3 Å². The van der Waals surface area contributed by atoms with Crippen LogP contribution in [0, 0.1) is 13.8 Å². The first kappa shape index (κ1) is 33.3. The van der Waals surface area contributed by atoms with Gasteiger partial charge in [0, 0.05) is 24.4 Å². The molecule has 0 fully saturated rings. The first-order chi connectivity index (χ1) is 20.3. The maximum absolute atomic E-state index is 14.2. The van der Waals surface area contributed by atoms with Gasteiger partial charge in [-0.25, -0.2) is 25.8 Å². The smallest absolute Gasteiger partial charge is 0.418 e. The van der Waals surface area contributed by atoms with Gasteiger partial charge in [0.1, 0.15) is 4.90 Å². The summed E-state index contributed by atoms with van der Waals surface area (Å²) in [6.45, 7) is -4.29. The molecule has 1 aliphatic rings. The fraction of sp³-hybridized carbons (Fsp3) is 0.400. The van der Waals surface area contributed by atoms with Crippen LogP contribution in [0.25, 0.3) is 0 Å². The highest BCUT2D eigenvalue weighted by molar-refractivity contribution is 7.93. The average Bonchev–Trinajstić information content (AvgIpc) is 3.29. The van der Waals surface area contributed by atoms with Crippen molar-refractivity contribution < 1.29 is 61.8 Å². The van der Waals surface area contributed by atoms with Crippen LogP contribution in [0.2, 0.25) is 0 Å². The Morgan fingerprint density at radius 3 is 2.18 bits per heavy atom. The van der Waals surface area contributed by atoms with E-state index in [9.17, 15) is 47.6 Å². The van der Waals surface area contributed by atoms with Gasteiger partial charge in [0.05, 0.1) is 17.7 Å². The van der Waals surface area contributed by atoms with Crippen molar-refractivity contribution in [2.24, 2.45) is 0 Å². The number of sulfonamides is 1. The molecule has 2 heterocycles. The number of aryl methyl sites for hydroxylation is 2. The van der Waals surface area contributed by atoms with Crippen molar-refractivity contribution >= 4 is 25.9 Å². The molecule has 19 heteroatoms. The summed E-state index contributed by atoms with van der Waals surface area (Å²) >= 11 is 0. The number of hydrogen-bond acceptors (Lipinski definition) is 8. The monoisotopic (exact) mass is 675 g/mol. The molecular formula is C25H24F7N3O7S2. The molecular weight excluding hydrogens is 651 g/mol. The van der Waals surface area contributed by atoms with Crippen molar-refractivity contribution in [3.63, 3.8) is 0 Å². The topological polar surface area (TPSA) is 126 Å². The summed E-state index contributed by atoms with van der Waals surface area (Å²) in [6.07, 6.45) is -8.30. The molecule has 0 bridgehead atoms. The van der Waals surface area contributed by atoms with Gasteiger partial charge in [-0.05, 0) is 44.4 Å². The molecule has 2 aromatic heterocycles. The van der Waals surface area contributed by atoms with Crippen molar-refractivity contribution in [2.45, 2.75) is 67.9 Å². The molecule has 0 unspecified atom stereocenters. The molecule has 0 amide bonds. The van der Waals surface area contributed by atoms with Crippen LogP contribution in [0.15, 0.2) is 46.3 Å². The van der Waals surface area contributed by atoms with Crippen LogP contribution in [0.5, 0.6) is 11.5 Å². The Bertz CT molecular complexity index is 1760. The predicted octanol–water partition coefficient (Wildman–Crippen LogP) is 5.18. The normalized spacial score (nSPS) is 17.5. The highest BCUT2D eigenvalue weighted by Crippen LogP contribution is 2.47. The van der Waals surface area contributed by atoms with E-state index in [-0.39, 0.29) is 5.69 Å². The summed E-state index contributed by atoms with van der Waals surface area (Å²) in [4.78, 5) is 2.64. The van der Waals surface area contributed by atoms with Crippen LogP contribution in [0.4, 0.5) is 36.6 Å². The number of benzene rings is 1. The number of pyridine rings is 1. The zero-order chi connectivity index (χ0) is 32.8. The molecule has 4 rings (SSSR count). The van der Waals surface area contributed by atoms with Gasteiger partial charge in [-0.1, -0.05) is 17.7 Å². The number of anilines is 1. The van der Waals surface area contributed by atoms with Crippen LogP contribution in [0.1, 0.15) is 28.9 Å². The Balaban J connectivity index is 1.90. The molecule has 44 heavy (non-hydrogen) atoms. The fourth-order valence-electron chi connectivity index (χ4n) is 4.72. The average molecular weight is 676 g/mol. The standard InChI is InChI=1S/C25H24F7N3O7S2/c1-13-4-6-15(7-5-13)44(38,39)35-12-20(16-8-9-24(11-17(16)35,25(30,31)32)42-23(28)29)43(36,37)34-21-19(40-3)10-18(14(2)33-21)41-22(26)27/h4-7,10,12,22-23H,8-9,11H2,1-3H3,(H,33,34)/t24-/m1/s1. The third-order valence-corrected chi connectivity index (χ3v) is 9.98. The molecule has 0 spiro atoms. The number of methoxy groups -OCH3 is 1. The zero-order valence-electron chi connectivity index (χ0n) is 23.0. The van der Waals surface area contributed by atoms with Gasteiger partial charge in [-0.15, -0.1) is 0 Å². The Morgan fingerprint density at radius 1 is 1.00 bits per heavy atom. The van der Waals surface area contributed by atoms with E-state index >= 15 is 0 Å². The van der Waals surface area contributed by atoms with Gasteiger partial charge < -0.3 is 14.2 Å². The Hall–Kier alpha value is -3.58. The van der Waals surface area contributed by atoms with Gasteiger partial charge in [0.15, 0.2) is 22.9 Å². The maximum atomic E-state index is 14.2. The largest absolute Gasteiger partial charge is 0.493 e. The van der Waals surface area contributed by atoms with E-state index in [1.165, 1.54) is 19.1 Å². The summed E-state index contributed by atoms with van der Waals surface area (Å²) < 4.78 is 165. The lowest BCUT2D eigenvalue weighted by Crippen LogP contribution is -2.53. The number of nitrogens with zero attached hydrogens (tertiary/aromatic N) is 2. The number of hydrogen-bond donors (Lipinski definition) is 1. The Morgan fingerprint density at radius 2 is 1.64 bits per heavy atom. The molecule has 0 saturated heterocycles. The maximum Gasteiger partial charge on any atom is 0.418 e. The summed E-state index contributed by atoms with van der Waals surface area (Å²) in [7, 11) is -8.63. The first-order valence-corrected chi connectivity index (χ1v) is 15.3. The molecule has 0 aliphatic heterocycles. The number of fused-ring (bicyclic) bond motifs is 1. The summed E-state index contributed by atoms with van der Waals surface area (Å²) in [6, 6.07) is 5.97. The lowest BCUT2D eigenvalue weighted by Gasteiger charge is -2.38. The van der Waals surface area contributed by atoms with Crippen molar-refractivity contribution in [2.75, 3.05) is 11.8 Å². The highest BCUT2D eigenvalue weighted by atomic mass is 32.2. The summed E-state index contributed by atoms with van der Waals surface area (Å²) in [5, 5.41) is 0. The Labute approximate surface area is 246 Å². The van der Waals surface area contributed by atoms with Crippen molar-refractivity contribution in [3.05, 3.63) is 59.0 Å². The highest BCUT2D eigenvalue weighted by Gasteiger charge is 2.60. The SMILES string of the molecule is COc1cc(OC(F)F)c(C)nc1NS(=O)(=O)c1cn(S(=O)(=O)c2ccc(C)cc2)c2c1CC[C@](OC(F)F)(C(F)(F)F)C2. The zero-order valence-corrected chi connectivity index (χ0v) is 24.6. The third kappa shape index (κ3) is 6.30. The number of alkyl halides is 7. The summed E-state index contributed by atoms with van der Waals surface area (Å²) in [5.41, 5.74) is -4.26. The van der Waals surface area contributed by atoms with Crippen LogP contribution >= 0.6 is 0 Å². The molecule has 0 radical (unpaired) electrons. The van der Waals surface area contributed by atoms with Gasteiger partial charge in [-0.2, -0.15) is 30.7 Å². The number of ether oxygens (including phenoxy) is 3. The van der Waals surface area contributed by atoms with Crippen molar-refractivity contribution in [1.82, 2.24) is 8.96 Å². The quantitative estimate of drug-likeness (QED) is 0.292. The number of aromatic nitrogens is 2. The van der Waals surface area contributed by atoms with E-state index < -0.39 is 103 Å². The predicted molar refractivity (Wildman–Crippen MR) is 139 cm³/mol. The molecule has 10 nitrogen and oxygen atoms in total. The van der Waals surface area contributed by atoms with Crippen LogP contribution in [-0.2, 0) is 37.6 Å². The minimum Gasteiger partial charge on any atom is -0.493 e. The van der Waals surface area contributed by atoms with Gasteiger partial charge in [0.2, 0.25) is 0 Å². The van der Waals surface area contributed by atoms with E-state index in [4.69, 9.17) is 4.74 Å².